The number of fused-ring (bicyclic) bond motifs is 1. The van der Waals surface area contributed by atoms with Gasteiger partial charge >= 0.3 is 0 Å². The summed E-state index contributed by atoms with van der Waals surface area (Å²) >= 11 is 0. The molecule has 2 aliphatic heterocycles. The molecule has 0 amide bonds. The van der Waals surface area contributed by atoms with Crippen LogP contribution in [-0.2, 0) is 19.5 Å². The van der Waals surface area contributed by atoms with Crippen LogP contribution in [0.2, 0.25) is 0 Å². The van der Waals surface area contributed by atoms with Crippen molar-refractivity contribution < 1.29 is 0 Å². The van der Waals surface area contributed by atoms with Gasteiger partial charge in [-0.15, -0.1) is 10.2 Å². The predicted octanol–water partition coefficient (Wildman–Crippen LogP) is 0.430. The molecule has 70 valence electrons. The first-order valence-corrected chi connectivity index (χ1v) is 5.07. The van der Waals surface area contributed by atoms with Crippen molar-refractivity contribution in [3.05, 3.63) is 11.6 Å². The number of aryl methyl sites for hydroxylation is 1. The van der Waals surface area contributed by atoms with Crippen LogP contribution in [0.15, 0.2) is 0 Å². The minimum atomic E-state index is 1.01. The lowest BCUT2D eigenvalue weighted by molar-refractivity contribution is 0.166. The van der Waals surface area contributed by atoms with E-state index in [1.165, 1.54) is 37.6 Å². The van der Waals surface area contributed by atoms with Crippen molar-refractivity contribution in [2.75, 3.05) is 13.1 Å². The Balaban J connectivity index is 1.79. The Morgan fingerprint density at radius 1 is 1.08 bits per heavy atom. The van der Waals surface area contributed by atoms with Gasteiger partial charge in [-0.25, -0.2) is 0 Å². The highest BCUT2D eigenvalue weighted by atomic mass is 15.3. The standard InChI is InChI=1S/C9H14N4/c1-3-8-10-11-9(13(8)6-1)7-12-4-2-5-12/h1-7H2. The third-order valence-electron chi connectivity index (χ3n) is 3.00. The van der Waals surface area contributed by atoms with Gasteiger partial charge in [0.25, 0.3) is 0 Å². The van der Waals surface area contributed by atoms with Gasteiger partial charge in [0.15, 0.2) is 0 Å². The summed E-state index contributed by atoms with van der Waals surface area (Å²) in [5.41, 5.74) is 0. The number of aromatic nitrogens is 3. The lowest BCUT2D eigenvalue weighted by Crippen LogP contribution is -2.37. The maximum Gasteiger partial charge on any atom is 0.147 e. The highest BCUT2D eigenvalue weighted by Gasteiger charge is 2.21. The average molecular weight is 178 g/mol. The first-order valence-electron chi connectivity index (χ1n) is 5.07. The summed E-state index contributed by atoms with van der Waals surface area (Å²) in [5.74, 6) is 2.36. The zero-order valence-corrected chi connectivity index (χ0v) is 7.74. The van der Waals surface area contributed by atoms with Gasteiger partial charge in [0.05, 0.1) is 6.54 Å². The van der Waals surface area contributed by atoms with Crippen molar-refractivity contribution in [3.63, 3.8) is 0 Å². The third kappa shape index (κ3) is 1.16. The molecule has 0 saturated carbocycles. The van der Waals surface area contributed by atoms with Crippen LogP contribution < -0.4 is 0 Å². The van der Waals surface area contributed by atoms with E-state index < -0.39 is 0 Å². The van der Waals surface area contributed by atoms with Crippen LogP contribution >= 0.6 is 0 Å². The second-order valence-electron chi connectivity index (χ2n) is 3.92. The van der Waals surface area contributed by atoms with E-state index in [0.717, 1.165) is 19.5 Å². The SMILES string of the molecule is C1CN(Cc2nnc3n2CCC3)C1. The average Bonchev–Trinajstić information content (AvgIpc) is 2.58. The van der Waals surface area contributed by atoms with E-state index in [1.54, 1.807) is 0 Å². The Labute approximate surface area is 77.6 Å². The van der Waals surface area contributed by atoms with Gasteiger partial charge in [0.2, 0.25) is 0 Å². The second kappa shape index (κ2) is 2.80. The fourth-order valence-electron chi connectivity index (χ4n) is 2.07. The number of likely N-dealkylation sites (tertiary alicyclic amines) is 1. The zero-order chi connectivity index (χ0) is 8.67. The van der Waals surface area contributed by atoms with E-state index in [-0.39, 0.29) is 0 Å². The summed E-state index contributed by atoms with van der Waals surface area (Å²) in [6, 6.07) is 0. The van der Waals surface area contributed by atoms with Crippen LogP contribution in [0.3, 0.4) is 0 Å². The molecule has 0 aliphatic carbocycles. The van der Waals surface area contributed by atoms with Crippen molar-refractivity contribution in [2.24, 2.45) is 0 Å². The summed E-state index contributed by atoms with van der Waals surface area (Å²) < 4.78 is 2.29. The maximum atomic E-state index is 4.23. The molecule has 3 rings (SSSR count). The van der Waals surface area contributed by atoms with Gasteiger partial charge in [-0.2, -0.15) is 0 Å². The predicted molar refractivity (Wildman–Crippen MR) is 48.2 cm³/mol. The zero-order valence-electron chi connectivity index (χ0n) is 7.74. The molecule has 0 unspecified atom stereocenters. The Morgan fingerprint density at radius 3 is 2.77 bits per heavy atom. The fraction of sp³-hybridized carbons (Fsp3) is 0.778. The molecular formula is C9H14N4. The topological polar surface area (TPSA) is 34.0 Å². The highest BCUT2D eigenvalue weighted by molar-refractivity contribution is 5.00. The number of nitrogens with zero attached hydrogens (tertiary/aromatic N) is 4. The Bertz CT molecular complexity index is 313. The minimum absolute atomic E-state index is 1.01. The molecule has 1 saturated heterocycles. The van der Waals surface area contributed by atoms with Crippen molar-refractivity contribution in [1.29, 1.82) is 0 Å². The minimum Gasteiger partial charge on any atom is -0.314 e. The highest BCUT2D eigenvalue weighted by Crippen LogP contribution is 2.17. The van der Waals surface area contributed by atoms with Crippen LogP contribution in [0.4, 0.5) is 0 Å². The third-order valence-corrected chi connectivity index (χ3v) is 3.00. The molecule has 4 nitrogen and oxygen atoms in total. The molecule has 0 spiro atoms. The number of hydrogen-bond acceptors (Lipinski definition) is 3. The molecule has 4 heteroatoms. The molecule has 1 aromatic heterocycles. The summed E-state index contributed by atoms with van der Waals surface area (Å²) in [6.45, 7) is 4.61. The van der Waals surface area contributed by atoms with Gasteiger partial charge < -0.3 is 4.57 Å². The van der Waals surface area contributed by atoms with E-state index in [2.05, 4.69) is 19.7 Å². The van der Waals surface area contributed by atoms with Crippen molar-refractivity contribution in [2.45, 2.75) is 32.4 Å². The summed E-state index contributed by atoms with van der Waals surface area (Å²) in [7, 11) is 0. The van der Waals surface area contributed by atoms with Crippen molar-refractivity contribution in [3.8, 4) is 0 Å². The molecule has 2 aliphatic rings. The molecule has 0 atom stereocenters. The second-order valence-corrected chi connectivity index (χ2v) is 3.92. The Kier molecular flexibility index (Phi) is 1.62. The normalized spacial score (nSPS) is 21.5. The molecule has 13 heavy (non-hydrogen) atoms. The molecule has 3 heterocycles. The van der Waals surface area contributed by atoms with Crippen molar-refractivity contribution >= 4 is 0 Å². The van der Waals surface area contributed by atoms with Crippen LogP contribution in [0.25, 0.3) is 0 Å². The van der Waals surface area contributed by atoms with Gasteiger partial charge in [-0.05, 0) is 25.9 Å². The van der Waals surface area contributed by atoms with E-state index in [1.807, 2.05) is 0 Å². The van der Waals surface area contributed by atoms with Gasteiger partial charge in [0, 0.05) is 13.0 Å². The van der Waals surface area contributed by atoms with E-state index in [0.29, 0.717) is 0 Å². The van der Waals surface area contributed by atoms with E-state index in [9.17, 15) is 0 Å². The largest absolute Gasteiger partial charge is 0.314 e. The van der Waals surface area contributed by atoms with E-state index in [4.69, 9.17) is 0 Å². The molecular weight excluding hydrogens is 164 g/mol. The number of rotatable bonds is 2. The maximum absolute atomic E-state index is 4.23. The van der Waals surface area contributed by atoms with Crippen LogP contribution in [-0.4, -0.2) is 32.8 Å². The fourth-order valence-corrected chi connectivity index (χ4v) is 2.07. The van der Waals surface area contributed by atoms with Crippen LogP contribution in [0.1, 0.15) is 24.5 Å². The molecule has 0 radical (unpaired) electrons. The van der Waals surface area contributed by atoms with Crippen molar-refractivity contribution in [1.82, 2.24) is 19.7 Å². The quantitative estimate of drug-likeness (QED) is 0.658. The van der Waals surface area contributed by atoms with Gasteiger partial charge in [0.1, 0.15) is 11.6 Å². The molecule has 1 fully saturated rings. The van der Waals surface area contributed by atoms with Gasteiger partial charge in [-0.1, -0.05) is 0 Å². The summed E-state index contributed by atoms with van der Waals surface area (Å²) in [6.07, 6.45) is 3.71. The lowest BCUT2D eigenvalue weighted by atomic mass is 10.2. The first kappa shape index (κ1) is 7.50. The monoisotopic (exact) mass is 178 g/mol. The van der Waals surface area contributed by atoms with E-state index >= 15 is 0 Å². The Hall–Kier alpha value is -0.900. The lowest BCUT2D eigenvalue weighted by Gasteiger charge is -2.29. The molecule has 1 aromatic rings. The Morgan fingerprint density at radius 2 is 2.00 bits per heavy atom. The summed E-state index contributed by atoms with van der Waals surface area (Å²) in [5, 5.41) is 8.43. The van der Waals surface area contributed by atoms with Crippen LogP contribution in [0, 0.1) is 0 Å². The first-order chi connectivity index (χ1) is 6.43. The molecule has 0 bridgehead atoms. The smallest absolute Gasteiger partial charge is 0.147 e. The van der Waals surface area contributed by atoms with Gasteiger partial charge in [-0.3, -0.25) is 4.90 Å². The number of hydrogen-bond donors (Lipinski definition) is 0. The summed E-state index contributed by atoms with van der Waals surface area (Å²) in [4.78, 5) is 2.43. The van der Waals surface area contributed by atoms with Crippen LogP contribution in [0.5, 0.6) is 0 Å². The molecule has 0 N–H and O–H groups in total. The molecule has 0 aromatic carbocycles.